The van der Waals surface area contributed by atoms with Gasteiger partial charge < -0.3 is 9.84 Å². The van der Waals surface area contributed by atoms with Crippen molar-refractivity contribution in [3.05, 3.63) is 41.2 Å². The molecule has 0 atom stereocenters. The highest BCUT2D eigenvalue weighted by atomic mass is 16.5. The largest absolute Gasteiger partial charge is 0.508 e. The highest BCUT2D eigenvalue weighted by molar-refractivity contribution is 5.35. The maximum atomic E-state index is 9.47. The zero-order valence-electron chi connectivity index (χ0n) is 7.58. The van der Waals surface area contributed by atoms with Gasteiger partial charge in [-0.25, -0.2) is 0 Å². The molecule has 0 amide bonds. The van der Waals surface area contributed by atoms with E-state index in [0.717, 1.165) is 23.3 Å². The Labute approximate surface area is 77.5 Å². The van der Waals surface area contributed by atoms with Crippen LogP contribution in [0.3, 0.4) is 0 Å². The minimum atomic E-state index is 0.312. The van der Waals surface area contributed by atoms with Crippen molar-refractivity contribution in [3.63, 3.8) is 0 Å². The Kier molecular flexibility index (Phi) is 1.97. The predicted molar refractivity (Wildman–Crippen MR) is 50.3 cm³/mol. The topological polar surface area (TPSA) is 29.5 Å². The molecule has 0 radical (unpaired) electrons. The van der Waals surface area contributed by atoms with Crippen LogP contribution in [0.2, 0.25) is 0 Å². The average molecular weight is 176 g/mol. The molecule has 2 heteroatoms. The van der Waals surface area contributed by atoms with Gasteiger partial charge in [-0.15, -0.1) is 0 Å². The molecule has 0 spiro atoms. The number of aryl methyl sites for hydroxylation is 1. The SMILES string of the molecule is Cc1ccc(O)c(COC2=CC2)c1. The molecule has 0 unspecified atom stereocenters. The Hall–Kier alpha value is -1.44. The third kappa shape index (κ3) is 2.02. The molecule has 1 aromatic carbocycles. The first kappa shape index (κ1) is 8.17. The molecule has 0 heterocycles. The number of allylic oxidation sites excluding steroid dienone is 2. The molecule has 0 saturated carbocycles. The Morgan fingerprint density at radius 1 is 1.46 bits per heavy atom. The number of aromatic hydroxyl groups is 1. The van der Waals surface area contributed by atoms with Gasteiger partial charge >= 0.3 is 0 Å². The van der Waals surface area contributed by atoms with Crippen LogP contribution in [0.15, 0.2) is 30.0 Å². The molecule has 2 rings (SSSR count). The molecule has 1 N–H and O–H groups in total. The van der Waals surface area contributed by atoms with Crippen LogP contribution in [-0.2, 0) is 11.3 Å². The number of hydrogen-bond donors (Lipinski definition) is 1. The van der Waals surface area contributed by atoms with Crippen molar-refractivity contribution in [2.45, 2.75) is 20.0 Å². The molecule has 68 valence electrons. The van der Waals surface area contributed by atoms with Crippen molar-refractivity contribution >= 4 is 0 Å². The molecular formula is C11H12O2. The van der Waals surface area contributed by atoms with Crippen molar-refractivity contribution in [1.82, 2.24) is 0 Å². The molecule has 13 heavy (non-hydrogen) atoms. The van der Waals surface area contributed by atoms with E-state index in [1.807, 2.05) is 25.1 Å². The maximum Gasteiger partial charge on any atom is 0.122 e. The summed E-state index contributed by atoms with van der Waals surface area (Å²) in [5.41, 5.74) is 1.99. The van der Waals surface area contributed by atoms with Gasteiger partial charge in [-0.05, 0) is 25.1 Å². The molecule has 2 nitrogen and oxygen atoms in total. The van der Waals surface area contributed by atoms with Crippen LogP contribution in [0.1, 0.15) is 17.5 Å². The summed E-state index contributed by atoms with van der Waals surface area (Å²) < 4.78 is 5.38. The van der Waals surface area contributed by atoms with Crippen LogP contribution < -0.4 is 0 Å². The van der Waals surface area contributed by atoms with Gasteiger partial charge in [0.25, 0.3) is 0 Å². The van der Waals surface area contributed by atoms with Gasteiger partial charge in [-0.1, -0.05) is 11.6 Å². The van der Waals surface area contributed by atoms with E-state index in [4.69, 9.17) is 4.74 Å². The summed E-state index contributed by atoms with van der Waals surface area (Å²) in [6.45, 7) is 2.47. The van der Waals surface area contributed by atoms with E-state index in [0.29, 0.717) is 12.4 Å². The van der Waals surface area contributed by atoms with Gasteiger partial charge in [0.2, 0.25) is 0 Å². The fourth-order valence-corrected chi connectivity index (χ4v) is 1.16. The maximum absolute atomic E-state index is 9.47. The summed E-state index contributed by atoms with van der Waals surface area (Å²) in [7, 11) is 0. The fourth-order valence-electron chi connectivity index (χ4n) is 1.16. The number of phenolic OH excluding ortho intramolecular Hbond substituents is 1. The number of hydrogen-bond acceptors (Lipinski definition) is 2. The van der Waals surface area contributed by atoms with Crippen molar-refractivity contribution in [2.75, 3.05) is 0 Å². The highest BCUT2D eigenvalue weighted by Crippen LogP contribution is 2.24. The normalized spacial score (nSPS) is 13.8. The molecular weight excluding hydrogens is 164 g/mol. The Morgan fingerprint density at radius 3 is 2.92 bits per heavy atom. The first-order chi connectivity index (χ1) is 6.25. The fraction of sp³-hybridized carbons (Fsp3) is 0.273. The lowest BCUT2D eigenvalue weighted by atomic mass is 10.1. The lowest BCUT2D eigenvalue weighted by molar-refractivity contribution is 0.210. The lowest BCUT2D eigenvalue weighted by Crippen LogP contribution is -1.89. The predicted octanol–water partition coefficient (Wildman–Crippen LogP) is 2.50. The van der Waals surface area contributed by atoms with Crippen molar-refractivity contribution in [2.24, 2.45) is 0 Å². The second-order valence-electron chi connectivity index (χ2n) is 3.30. The van der Waals surface area contributed by atoms with Gasteiger partial charge in [0.05, 0.1) is 5.76 Å². The third-order valence-electron chi connectivity index (χ3n) is 2.02. The van der Waals surface area contributed by atoms with E-state index in [1.54, 1.807) is 6.07 Å². The molecule has 0 saturated heterocycles. The van der Waals surface area contributed by atoms with Crippen LogP contribution in [0, 0.1) is 6.92 Å². The number of benzene rings is 1. The van der Waals surface area contributed by atoms with E-state index < -0.39 is 0 Å². The Balaban J connectivity index is 2.08. The van der Waals surface area contributed by atoms with Gasteiger partial charge in [-0.3, -0.25) is 0 Å². The summed E-state index contributed by atoms with van der Waals surface area (Å²) in [4.78, 5) is 0. The van der Waals surface area contributed by atoms with Crippen LogP contribution in [0.25, 0.3) is 0 Å². The standard InChI is InChI=1S/C11H12O2/c1-8-2-5-11(12)9(6-8)7-13-10-3-4-10/h2-3,5-6,12H,4,7H2,1H3. The molecule has 0 fully saturated rings. The zero-order chi connectivity index (χ0) is 9.26. The van der Waals surface area contributed by atoms with E-state index >= 15 is 0 Å². The van der Waals surface area contributed by atoms with Crippen molar-refractivity contribution in [3.8, 4) is 5.75 Å². The highest BCUT2D eigenvalue weighted by Gasteiger charge is 2.09. The summed E-state index contributed by atoms with van der Waals surface area (Å²) in [6, 6.07) is 5.53. The van der Waals surface area contributed by atoms with Crippen molar-refractivity contribution in [1.29, 1.82) is 0 Å². The first-order valence-corrected chi connectivity index (χ1v) is 4.36. The minimum Gasteiger partial charge on any atom is -0.508 e. The van der Waals surface area contributed by atoms with E-state index in [9.17, 15) is 5.11 Å². The van der Waals surface area contributed by atoms with Gasteiger partial charge in [0, 0.05) is 12.0 Å². The van der Waals surface area contributed by atoms with Crippen LogP contribution in [0.5, 0.6) is 5.75 Å². The van der Waals surface area contributed by atoms with Gasteiger partial charge in [-0.2, -0.15) is 0 Å². The van der Waals surface area contributed by atoms with Crippen LogP contribution in [0.4, 0.5) is 0 Å². The van der Waals surface area contributed by atoms with Gasteiger partial charge in [0.1, 0.15) is 12.4 Å². The van der Waals surface area contributed by atoms with Crippen LogP contribution in [-0.4, -0.2) is 5.11 Å². The summed E-state index contributed by atoms with van der Waals surface area (Å²) in [5.74, 6) is 1.34. The smallest absolute Gasteiger partial charge is 0.122 e. The van der Waals surface area contributed by atoms with Gasteiger partial charge in [0.15, 0.2) is 0 Å². The molecule has 0 bridgehead atoms. The van der Waals surface area contributed by atoms with Crippen molar-refractivity contribution < 1.29 is 9.84 Å². The second kappa shape index (κ2) is 3.13. The number of rotatable bonds is 3. The summed E-state index contributed by atoms with van der Waals surface area (Å²) in [6.07, 6.45) is 2.99. The van der Waals surface area contributed by atoms with Crippen LogP contribution >= 0.6 is 0 Å². The molecule has 1 aliphatic rings. The van der Waals surface area contributed by atoms with E-state index in [2.05, 4.69) is 0 Å². The van der Waals surface area contributed by atoms with E-state index in [1.165, 1.54) is 0 Å². The number of phenols is 1. The zero-order valence-corrected chi connectivity index (χ0v) is 7.58. The Morgan fingerprint density at radius 2 is 2.23 bits per heavy atom. The summed E-state index contributed by atoms with van der Waals surface area (Å²) in [5, 5.41) is 9.47. The molecule has 1 aliphatic carbocycles. The quantitative estimate of drug-likeness (QED) is 0.766. The molecule has 0 aliphatic heterocycles. The minimum absolute atomic E-state index is 0.312. The molecule has 0 aromatic heterocycles. The lowest BCUT2D eigenvalue weighted by Gasteiger charge is -2.05. The monoisotopic (exact) mass is 176 g/mol. The average Bonchev–Trinajstić information content (AvgIpc) is 2.90. The second-order valence-corrected chi connectivity index (χ2v) is 3.30. The third-order valence-corrected chi connectivity index (χ3v) is 2.02. The van der Waals surface area contributed by atoms with E-state index in [-0.39, 0.29) is 0 Å². The molecule has 1 aromatic rings. The first-order valence-electron chi connectivity index (χ1n) is 4.36. The number of ether oxygens (including phenoxy) is 1. The summed E-state index contributed by atoms with van der Waals surface area (Å²) >= 11 is 0. The Bertz CT molecular complexity index is 353.